The number of anilines is 1. The molecule has 0 unspecified atom stereocenters. The number of amides is 1. The van der Waals surface area contributed by atoms with Gasteiger partial charge in [0.05, 0.1) is 10.6 Å². The second-order valence-corrected chi connectivity index (χ2v) is 10.2. The molecule has 0 aliphatic carbocycles. The monoisotopic (exact) mass is 503 g/mol. The van der Waals surface area contributed by atoms with Crippen molar-refractivity contribution in [3.05, 3.63) is 125 Å². The maximum Gasteiger partial charge on any atom is 0.270 e. The van der Waals surface area contributed by atoms with Gasteiger partial charge in [-0.25, -0.2) is 0 Å². The van der Waals surface area contributed by atoms with Gasteiger partial charge in [0.15, 0.2) is 4.32 Å². The predicted molar refractivity (Wildman–Crippen MR) is 154 cm³/mol. The quantitative estimate of drug-likeness (QED) is 0.180. The van der Waals surface area contributed by atoms with Gasteiger partial charge in [0.2, 0.25) is 0 Å². The summed E-state index contributed by atoms with van der Waals surface area (Å²) in [5, 5.41) is 4.50. The van der Waals surface area contributed by atoms with E-state index >= 15 is 0 Å². The Morgan fingerprint density at radius 2 is 1.50 bits per heavy atom. The van der Waals surface area contributed by atoms with Crippen LogP contribution in [-0.2, 0) is 11.4 Å². The highest BCUT2D eigenvalue weighted by molar-refractivity contribution is 8.27. The molecule has 0 N–H and O–H groups in total. The molecular weight excluding hydrogens is 482 g/mol. The number of hydrogen-bond acceptors (Lipinski definition) is 4. The Bertz CT molecular complexity index is 1650. The van der Waals surface area contributed by atoms with Crippen molar-refractivity contribution in [3.63, 3.8) is 0 Å². The van der Waals surface area contributed by atoms with Gasteiger partial charge in [-0.3, -0.25) is 9.69 Å². The Morgan fingerprint density at radius 1 is 0.778 bits per heavy atom. The number of thioether (sulfide) groups is 1. The molecule has 0 aromatic heterocycles. The van der Waals surface area contributed by atoms with Gasteiger partial charge in [-0.1, -0.05) is 109 Å². The molecule has 6 rings (SSSR count). The fourth-order valence-corrected chi connectivity index (χ4v) is 5.67. The fraction of sp³-hybridized carbons (Fsp3) is 0.0323. The van der Waals surface area contributed by atoms with Crippen molar-refractivity contribution in [2.24, 2.45) is 0 Å². The normalized spacial score (nSPS) is 14.8. The Hall–Kier alpha value is -3.93. The first-order valence-corrected chi connectivity index (χ1v) is 12.8. The first-order chi connectivity index (χ1) is 17.7. The van der Waals surface area contributed by atoms with E-state index in [0.717, 1.165) is 33.3 Å². The van der Waals surface area contributed by atoms with Gasteiger partial charge < -0.3 is 4.74 Å². The van der Waals surface area contributed by atoms with Gasteiger partial charge >= 0.3 is 0 Å². The average Bonchev–Trinajstić information content (AvgIpc) is 3.19. The summed E-state index contributed by atoms with van der Waals surface area (Å²) in [6.45, 7) is 0.494. The van der Waals surface area contributed by atoms with Gasteiger partial charge in [-0.15, -0.1) is 0 Å². The summed E-state index contributed by atoms with van der Waals surface area (Å²) in [6, 6.07) is 36.4. The number of benzene rings is 5. The predicted octanol–water partition coefficient (Wildman–Crippen LogP) is 7.98. The van der Waals surface area contributed by atoms with Crippen LogP contribution in [0.1, 0.15) is 11.1 Å². The summed E-state index contributed by atoms with van der Waals surface area (Å²) in [4.78, 5) is 15.6. The first-order valence-electron chi connectivity index (χ1n) is 11.6. The smallest absolute Gasteiger partial charge is 0.270 e. The number of thiocarbonyl (C=S) groups is 1. The molecule has 0 radical (unpaired) electrons. The molecule has 5 heteroatoms. The molecule has 0 bridgehead atoms. The first kappa shape index (κ1) is 22.5. The molecule has 5 aromatic rings. The van der Waals surface area contributed by atoms with E-state index < -0.39 is 0 Å². The van der Waals surface area contributed by atoms with Crippen molar-refractivity contribution in [3.8, 4) is 5.75 Å². The van der Waals surface area contributed by atoms with E-state index in [0.29, 0.717) is 15.8 Å². The minimum Gasteiger partial charge on any atom is -0.489 e. The van der Waals surface area contributed by atoms with E-state index in [9.17, 15) is 4.79 Å². The SMILES string of the molecule is O=C1/C(=C\c2ccc(OCc3ccc4ccccc4c3)cc2)SC(=S)N1c1cccc2ccccc12. The lowest BCUT2D eigenvalue weighted by molar-refractivity contribution is -0.113. The second kappa shape index (κ2) is 9.61. The molecule has 1 saturated heterocycles. The van der Waals surface area contributed by atoms with E-state index in [4.69, 9.17) is 17.0 Å². The molecule has 1 amide bonds. The Kier molecular flexibility index (Phi) is 6.01. The summed E-state index contributed by atoms with van der Waals surface area (Å²) in [6.07, 6.45) is 1.89. The maximum absolute atomic E-state index is 13.3. The summed E-state index contributed by atoms with van der Waals surface area (Å²) in [5.74, 6) is 0.682. The van der Waals surface area contributed by atoms with Gasteiger partial charge in [0, 0.05) is 5.39 Å². The highest BCUT2D eigenvalue weighted by atomic mass is 32.2. The molecule has 0 atom stereocenters. The average molecular weight is 504 g/mol. The third-order valence-electron chi connectivity index (χ3n) is 6.20. The molecule has 1 aliphatic rings. The van der Waals surface area contributed by atoms with Crippen molar-refractivity contribution < 1.29 is 9.53 Å². The van der Waals surface area contributed by atoms with E-state index in [1.165, 1.54) is 22.5 Å². The number of nitrogens with zero attached hydrogens (tertiary/aromatic N) is 1. The Labute approximate surface area is 219 Å². The van der Waals surface area contributed by atoms with Gasteiger partial charge in [0.1, 0.15) is 12.4 Å². The molecule has 1 heterocycles. The lowest BCUT2D eigenvalue weighted by Gasteiger charge is -2.17. The minimum absolute atomic E-state index is 0.0991. The third-order valence-corrected chi connectivity index (χ3v) is 7.50. The molecule has 1 fully saturated rings. The van der Waals surface area contributed by atoms with Crippen LogP contribution in [0.5, 0.6) is 5.75 Å². The molecular formula is C31H21NO2S2. The fourth-order valence-electron chi connectivity index (χ4n) is 4.39. The highest BCUT2D eigenvalue weighted by Gasteiger charge is 2.34. The Balaban J connectivity index is 1.18. The Morgan fingerprint density at radius 3 is 2.33 bits per heavy atom. The molecule has 0 spiro atoms. The van der Waals surface area contributed by atoms with Crippen LogP contribution >= 0.6 is 24.0 Å². The molecule has 36 heavy (non-hydrogen) atoms. The van der Waals surface area contributed by atoms with Gasteiger partial charge in [-0.05, 0) is 57.6 Å². The van der Waals surface area contributed by atoms with Crippen LogP contribution in [-0.4, -0.2) is 10.2 Å². The van der Waals surface area contributed by atoms with Crippen LogP contribution in [0.4, 0.5) is 5.69 Å². The van der Waals surface area contributed by atoms with E-state index in [1.807, 2.05) is 84.9 Å². The lowest BCUT2D eigenvalue weighted by Crippen LogP contribution is -2.27. The second-order valence-electron chi connectivity index (χ2n) is 8.55. The zero-order valence-corrected chi connectivity index (χ0v) is 20.9. The summed E-state index contributed by atoms with van der Waals surface area (Å²) in [5.41, 5.74) is 2.86. The number of ether oxygens (including phenoxy) is 1. The summed E-state index contributed by atoms with van der Waals surface area (Å²) >= 11 is 6.92. The number of carbonyl (C=O) groups is 1. The highest BCUT2D eigenvalue weighted by Crippen LogP contribution is 2.39. The van der Waals surface area contributed by atoms with Crippen molar-refractivity contribution in [2.75, 3.05) is 4.90 Å². The summed E-state index contributed by atoms with van der Waals surface area (Å²) < 4.78 is 6.54. The maximum atomic E-state index is 13.3. The minimum atomic E-state index is -0.0991. The molecule has 1 aliphatic heterocycles. The van der Waals surface area contributed by atoms with Gasteiger partial charge in [0.25, 0.3) is 5.91 Å². The van der Waals surface area contributed by atoms with Crippen LogP contribution in [0.2, 0.25) is 0 Å². The summed E-state index contributed by atoms with van der Waals surface area (Å²) in [7, 11) is 0. The van der Waals surface area contributed by atoms with Crippen molar-refractivity contribution in [1.29, 1.82) is 0 Å². The zero-order chi connectivity index (χ0) is 24.5. The van der Waals surface area contributed by atoms with Crippen LogP contribution in [0.15, 0.2) is 114 Å². The number of hydrogen-bond donors (Lipinski definition) is 0. The number of fused-ring (bicyclic) bond motifs is 2. The van der Waals surface area contributed by atoms with E-state index in [-0.39, 0.29) is 5.91 Å². The standard InChI is InChI=1S/C31H21NO2S2/c33-30-29(36-31(35)32(30)28-11-5-9-24-7-3-4-10-27(24)28)19-21-13-16-26(17-14-21)34-20-22-12-15-23-6-1-2-8-25(23)18-22/h1-19H,20H2/b29-19+. The lowest BCUT2D eigenvalue weighted by atomic mass is 10.1. The van der Waals surface area contributed by atoms with Crippen molar-refractivity contribution in [2.45, 2.75) is 6.61 Å². The number of carbonyl (C=O) groups excluding carboxylic acids is 1. The van der Waals surface area contributed by atoms with E-state index in [2.05, 4.69) is 30.3 Å². The van der Waals surface area contributed by atoms with Crippen LogP contribution < -0.4 is 9.64 Å². The largest absolute Gasteiger partial charge is 0.489 e. The molecule has 5 aromatic carbocycles. The molecule has 0 saturated carbocycles. The number of rotatable bonds is 5. The van der Waals surface area contributed by atoms with Crippen LogP contribution in [0.3, 0.4) is 0 Å². The van der Waals surface area contributed by atoms with Crippen LogP contribution in [0.25, 0.3) is 27.6 Å². The van der Waals surface area contributed by atoms with Crippen molar-refractivity contribution >= 4 is 67.5 Å². The molecule has 3 nitrogen and oxygen atoms in total. The molecule has 174 valence electrons. The van der Waals surface area contributed by atoms with Crippen LogP contribution in [0, 0.1) is 0 Å². The van der Waals surface area contributed by atoms with Crippen molar-refractivity contribution in [1.82, 2.24) is 0 Å². The zero-order valence-electron chi connectivity index (χ0n) is 19.3. The third kappa shape index (κ3) is 4.39. The van der Waals surface area contributed by atoms with Gasteiger partial charge in [-0.2, -0.15) is 0 Å². The topological polar surface area (TPSA) is 29.5 Å². The van der Waals surface area contributed by atoms with E-state index in [1.54, 1.807) is 4.90 Å².